The quantitative estimate of drug-likeness (QED) is 0.222. The summed E-state index contributed by atoms with van der Waals surface area (Å²) in [4.78, 5) is 14.4. The summed E-state index contributed by atoms with van der Waals surface area (Å²) in [6.07, 6.45) is 5.48. The minimum absolute atomic E-state index is 0.116. The lowest BCUT2D eigenvalue weighted by atomic mass is 10.1. The topological polar surface area (TPSA) is 29.5 Å². The zero-order valence-electron chi connectivity index (χ0n) is 26.0. The average Bonchev–Trinajstić information content (AvgIpc) is 2.70. The van der Waals surface area contributed by atoms with Crippen LogP contribution >= 0.6 is 0 Å². The Kier molecular flexibility index (Phi) is 11.3. The summed E-state index contributed by atoms with van der Waals surface area (Å²) in [5, 5.41) is 0.578. The van der Waals surface area contributed by atoms with E-state index in [9.17, 15) is 4.79 Å². The van der Waals surface area contributed by atoms with Crippen LogP contribution in [0.2, 0.25) is 41.8 Å². The van der Waals surface area contributed by atoms with E-state index in [1.165, 1.54) is 5.56 Å². The van der Waals surface area contributed by atoms with Crippen LogP contribution in [0.5, 0.6) is 0 Å². The van der Waals surface area contributed by atoms with Crippen molar-refractivity contribution in [1.29, 1.82) is 0 Å². The van der Waals surface area contributed by atoms with E-state index in [0.717, 1.165) is 12.8 Å². The van der Waals surface area contributed by atoms with Gasteiger partial charge in [-0.3, -0.25) is 0 Å². The Hall–Kier alpha value is -1.34. The second-order valence-electron chi connectivity index (χ2n) is 14.4. The predicted molar refractivity (Wildman–Crippen MR) is 164 cm³/mol. The van der Waals surface area contributed by atoms with Crippen LogP contribution in [0, 0.1) is 0 Å². The summed E-state index contributed by atoms with van der Waals surface area (Å²) < 4.78 is 5.55. The number of nitrogens with zero attached hydrogens (tertiary/aromatic N) is 1. The minimum Gasteiger partial charge on any atom is -0.418 e. The van der Waals surface area contributed by atoms with Crippen LogP contribution in [-0.4, -0.2) is 39.2 Å². The number of carbonyl (C=O) groups is 1. The van der Waals surface area contributed by atoms with E-state index in [1.807, 2.05) is 27.7 Å². The van der Waals surface area contributed by atoms with E-state index < -0.39 is 16.1 Å². The summed E-state index contributed by atoms with van der Waals surface area (Å²) in [5.41, 5.74) is 2.72. The smallest absolute Gasteiger partial charge is 0.415 e. The molecule has 2 atom stereocenters. The van der Waals surface area contributed by atoms with Gasteiger partial charge in [-0.2, -0.15) is 0 Å². The molecule has 206 valence electrons. The third-order valence-corrected chi connectivity index (χ3v) is 22.2. The van der Waals surface area contributed by atoms with Gasteiger partial charge in [-0.05, 0) is 73.3 Å². The molecule has 1 aromatic carbocycles. The normalized spacial score (nSPS) is 15.4. The van der Waals surface area contributed by atoms with Gasteiger partial charge < -0.3 is 9.64 Å². The zero-order chi connectivity index (χ0) is 28.1. The van der Waals surface area contributed by atoms with E-state index in [4.69, 9.17) is 4.74 Å². The highest BCUT2D eigenvalue weighted by Crippen LogP contribution is 2.57. The Bertz CT molecular complexity index is 838. The fraction of sp³-hybridized carbons (Fsp3) is 0.710. The van der Waals surface area contributed by atoms with E-state index in [-0.39, 0.29) is 28.3 Å². The Labute approximate surface area is 226 Å². The van der Waals surface area contributed by atoms with Crippen molar-refractivity contribution < 1.29 is 9.53 Å². The Morgan fingerprint density at radius 1 is 0.861 bits per heavy atom. The van der Waals surface area contributed by atoms with Gasteiger partial charge in [0.1, 0.15) is 0 Å². The number of benzene rings is 1. The molecule has 3 nitrogen and oxygen atoms in total. The highest BCUT2D eigenvalue weighted by atomic mass is 28.3. The molecule has 0 aliphatic carbocycles. The molecule has 1 aromatic rings. The molecule has 0 saturated carbocycles. The van der Waals surface area contributed by atoms with Gasteiger partial charge in [-0.25, -0.2) is 4.79 Å². The molecule has 36 heavy (non-hydrogen) atoms. The molecule has 0 radical (unpaired) electrons. The first-order chi connectivity index (χ1) is 16.3. The van der Waals surface area contributed by atoms with Gasteiger partial charge in [-0.1, -0.05) is 98.1 Å². The second kappa shape index (κ2) is 12.5. The van der Waals surface area contributed by atoms with Gasteiger partial charge in [0, 0.05) is 12.1 Å². The molecular formula is C31H57NO2Si2. The molecule has 1 amide bonds. The van der Waals surface area contributed by atoms with Crippen molar-refractivity contribution >= 4 is 22.2 Å². The average molecular weight is 532 g/mol. The van der Waals surface area contributed by atoms with Crippen LogP contribution < -0.4 is 0 Å². The van der Waals surface area contributed by atoms with Crippen LogP contribution in [0.15, 0.2) is 42.7 Å². The largest absolute Gasteiger partial charge is 0.418 e. The monoisotopic (exact) mass is 531 g/mol. The molecule has 0 aliphatic rings. The molecule has 0 spiro atoms. The molecule has 1 rings (SSSR count). The minimum atomic E-state index is -1.73. The fourth-order valence-corrected chi connectivity index (χ4v) is 14.0. The third-order valence-electron chi connectivity index (χ3n) is 9.36. The van der Waals surface area contributed by atoms with Crippen molar-refractivity contribution in [2.75, 3.05) is 0 Å². The number of hydrogen-bond acceptors (Lipinski definition) is 2. The predicted octanol–water partition coefficient (Wildman–Crippen LogP) is 10.2. The first-order valence-electron chi connectivity index (χ1n) is 14.0. The molecule has 0 aromatic heterocycles. The number of amides is 1. The van der Waals surface area contributed by atoms with Gasteiger partial charge in [0.2, 0.25) is 0 Å². The van der Waals surface area contributed by atoms with Crippen molar-refractivity contribution in [2.24, 2.45) is 0 Å². The lowest BCUT2D eigenvalue weighted by Gasteiger charge is -2.54. The number of ether oxygens (including phenoxy) is 1. The Morgan fingerprint density at radius 3 is 1.75 bits per heavy atom. The molecule has 0 unspecified atom stereocenters. The molecule has 5 heteroatoms. The molecule has 0 bridgehead atoms. The number of hydrogen-bond donors (Lipinski definition) is 0. The van der Waals surface area contributed by atoms with E-state index in [2.05, 4.69) is 104 Å². The van der Waals surface area contributed by atoms with E-state index >= 15 is 0 Å². The van der Waals surface area contributed by atoms with Crippen molar-refractivity contribution in [3.63, 3.8) is 0 Å². The number of allylic oxidation sites excluding steroid dienone is 1. The van der Waals surface area contributed by atoms with Crippen LogP contribution in [0.4, 0.5) is 4.79 Å². The second-order valence-corrected chi connectivity index (χ2v) is 25.6. The van der Waals surface area contributed by atoms with Crippen LogP contribution in [-0.2, 0) is 4.74 Å². The molecule has 0 aliphatic heterocycles. The summed E-state index contributed by atoms with van der Waals surface area (Å²) in [6, 6.07) is 11.5. The van der Waals surface area contributed by atoms with Crippen molar-refractivity contribution in [1.82, 2.24) is 4.90 Å². The van der Waals surface area contributed by atoms with E-state index in [0.29, 0.717) is 11.1 Å². The van der Waals surface area contributed by atoms with Gasteiger partial charge >= 0.3 is 6.09 Å². The van der Waals surface area contributed by atoms with Crippen molar-refractivity contribution in [3.05, 3.63) is 48.2 Å². The first-order valence-corrected chi connectivity index (χ1v) is 20.1. The third kappa shape index (κ3) is 7.83. The lowest BCUT2D eigenvalue weighted by Crippen LogP contribution is -2.53. The Balaban J connectivity index is 3.35. The number of carbonyl (C=O) groups excluding carboxylic acids is 1. The summed E-state index contributed by atoms with van der Waals surface area (Å²) >= 11 is 0. The standard InChI is InChI=1S/C31H57NO2Si2/c1-24(2)32(25(3)4)29(33)34-23-19-18-22-27(35(11,12)30(5,6)7)28(26-20-16-15-17-21-26)36(13,14)31(8,9)10/h15-17,19-21,23-25,27-28H,18,22H2,1-14H3/b23-19+/t27-,28+/m0/s1. The molecule has 0 N–H and O–H groups in total. The molecule has 0 saturated heterocycles. The molecule has 0 heterocycles. The first kappa shape index (κ1) is 32.7. The number of rotatable bonds is 10. The van der Waals surface area contributed by atoms with Crippen LogP contribution in [0.25, 0.3) is 0 Å². The van der Waals surface area contributed by atoms with Gasteiger partial charge in [-0.15, -0.1) is 0 Å². The van der Waals surface area contributed by atoms with Crippen molar-refractivity contribution in [2.45, 2.75) is 142 Å². The maximum atomic E-state index is 12.6. The van der Waals surface area contributed by atoms with Crippen molar-refractivity contribution in [3.8, 4) is 0 Å². The van der Waals surface area contributed by atoms with Crippen LogP contribution in [0.3, 0.4) is 0 Å². The SMILES string of the molecule is CC(C)N(C(=O)O/C=C/CC[C@@H]([C@@H](c1ccccc1)[Si](C)(C)C(C)(C)C)[Si](C)(C)C(C)(C)C)C(C)C. The highest BCUT2D eigenvalue weighted by Gasteiger charge is 2.52. The maximum absolute atomic E-state index is 12.6. The van der Waals surface area contributed by atoms with E-state index in [1.54, 1.807) is 11.2 Å². The van der Waals surface area contributed by atoms with Gasteiger partial charge in [0.15, 0.2) is 0 Å². The zero-order valence-corrected chi connectivity index (χ0v) is 28.0. The van der Waals surface area contributed by atoms with Gasteiger partial charge in [0.05, 0.1) is 22.4 Å². The molecule has 0 fully saturated rings. The fourth-order valence-electron chi connectivity index (χ4n) is 5.31. The highest BCUT2D eigenvalue weighted by molar-refractivity contribution is 6.87. The van der Waals surface area contributed by atoms with Crippen LogP contribution in [0.1, 0.15) is 93.2 Å². The van der Waals surface area contributed by atoms with Gasteiger partial charge in [0.25, 0.3) is 0 Å². The Morgan fingerprint density at radius 2 is 1.33 bits per heavy atom. The summed E-state index contributed by atoms with van der Waals surface area (Å²) in [6.45, 7) is 33.2. The summed E-state index contributed by atoms with van der Waals surface area (Å²) in [5.74, 6) is 0. The molecular weight excluding hydrogens is 475 g/mol. The summed E-state index contributed by atoms with van der Waals surface area (Å²) in [7, 11) is -3.45. The maximum Gasteiger partial charge on any atom is 0.415 e. The lowest BCUT2D eigenvalue weighted by molar-refractivity contribution is 0.109.